The van der Waals surface area contributed by atoms with E-state index in [-0.39, 0.29) is 24.6 Å². The molecule has 0 aromatic carbocycles. The lowest BCUT2D eigenvalue weighted by Gasteiger charge is -2.31. The van der Waals surface area contributed by atoms with Crippen molar-refractivity contribution in [3.8, 4) is 0 Å². The van der Waals surface area contributed by atoms with E-state index in [2.05, 4.69) is 0 Å². The third-order valence-corrected chi connectivity index (χ3v) is 2.39. The molecule has 1 aliphatic rings. The van der Waals surface area contributed by atoms with Crippen molar-refractivity contribution < 1.29 is 23.8 Å². The SMILES string of the molecule is CC[C@@H]1C=C[C@H](OC(C)=O)[C@@H](COC(C)=O)O1. The van der Waals surface area contributed by atoms with Gasteiger partial charge in [-0.25, -0.2) is 0 Å². The minimum absolute atomic E-state index is 0.0256. The summed E-state index contributed by atoms with van der Waals surface area (Å²) < 4.78 is 15.6. The topological polar surface area (TPSA) is 61.8 Å². The summed E-state index contributed by atoms with van der Waals surface area (Å²) in [6, 6.07) is 0. The molecule has 0 saturated heterocycles. The molecule has 0 fully saturated rings. The van der Waals surface area contributed by atoms with Gasteiger partial charge in [-0.3, -0.25) is 9.59 Å². The molecule has 1 rings (SSSR count). The van der Waals surface area contributed by atoms with Crippen molar-refractivity contribution in [3.05, 3.63) is 12.2 Å². The molecule has 3 atom stereocenters. The van der Waals surface area contributed by atoms with Crippen LogP contribution in [0.2, 0.25) is 0 Å². The third-order valence-electron chi connectivity index (χ3n) is 2.39. The Hall–Kier alpha value is -1.36. The van der Waals surface area contributed by atoms with Crippen molar-refractivity contribution in [2.24, 2.45) is 0 Å². The van der Waals surface area contributed by atoms with E-state index in [1.165, 1.54) is 13.8 Å². The normalized spacial score (nSPS) is 27.6. The van der Waals surface area contributed by atoms with Crippen LogP contribution in [0, 0.1) is 0 Å². The fourth-order valence-corrected chi connectivity index (χ4v) is 1.58. The average Bonchev–Trinajstić information content (AvgIpc) is 2.27. The summed E-state index contributed by atoms with van der Waals surface area (Å²) in [7, 11) is 0. The van der Waals surface area contributed by atoms with Crippen LogP contribution in [0.5, 0.6) is 0 Å². The van der Waals surface area contributed by atoms with Crippen molar-refractivity contribution in [2.45, 2.75) is 45.5 Å². The Morgan fingerprint density at radius 2 is 1.94 bits per heavy atom. The lowest BCUT2D eigenvalue weighted by Crippen LogP contribution is -2.41. The lowest BCUT2D eigenvalue weighted by molar-refractivity contribution is -0.163. The molecule has 0 radical (unpaired) electrons. The van der Waals surface area contributed by atoms with Crippen LogP contribution >= 0.6 is 0 Å². The molecule has 5 heteroatoms. The van der Waals surface area contributed by atoms with Crippen molar-refractivity contribution >= 4 is 11.9 Å². The van der Waals surface area contributed by atoms with Gasteiger partial charge in [-0.2, -0.15) is 0 Å². The fraction of sp³-hybridized carbons (Fsp3) is 0.667. The summed E-state index contributed by atoms with van der Waals surface area (Å²) in [5.74, 6) is -0.760. The molecule has 96 valence electrons. The molecule has 0 aromatic rings. The Bertz CT molecular complexity index is 310. The zero-order valence-electron chi connectivity index (χ0n) is 10.3. The van der Waals surface area contributed by atoms with Crippen molar-refractivity contribution in [1.82, 2.24) is 0 Å². The number of rotatable bonds is 4. The summed E-state index contributed by atoms with van der Waals surface area (Å²) in [5.41, 5.74) is 0. The molecule has 0 amide bonds. The zero-order chi connectivity index (χ0) is 12.8. The zero-order valence-corrected chi connectivity index (χ0v) is 10.3. The smallest absolute Gasteiger partial charge is 0.303 e. The first-order valence-corrected chi connectivity index (χ1v) is 5.67. The second kappa shape index (κ2) is 6.39. The van der Waals surface area contributed by atoms with Gasteiger partial charge in [0.05, 0.1) is 6.10 Å². The molecule has 0 aliphatic carbocycles. The average molecular weight is 242 g/mol. The molecule has 0 aromatic heterocycles. The van der Waals surface area contributed by atoms with Gasteiger partial charge in [-0.1, -0.05) is 13.0 Å². The Balaban J connectivity index is 2.62. The number of carbonyl (C=O) groups excluding carboxylic acids is 2. The number of hydrogen-bond donors (Lipinski definition) is 0. The molecule has 1 aliphatic heterocycles. The lowest BCUT2D eigenvalue weighted by atomic mass is 10.1. The largest absolute Gasteiger partial charge is 0.463 e. The van der Waals surface area contributed by atoms with Gasteiger partial charge in [0.25, 0.3) is 0 Å². The highest BCUT2D eigenvalue weighted by Crippen LogP contribution is 2.18. The monoisotopic (exact) mass is 242 g/mol. The second-order valence-electron chi connectivity index (χ2n) is 3.88. The summed E-state index contributed by atoms with van der Waals surface area (Å²) in [5, 5.41) is 0. The van der Waals surface area contributed by atoms with Crippen molar-refractivity contribution in [2.75, 3.05) is 6.61 Å². The Kier molecular flexibility index (Phi) is 5.15. The quantitative estimate of drug-likeness (QED) is 0.548. The maximum absolute atomic E-state index is 10.9. The van der Waals surface area contributed by atoms with E-state index in [1.807, 2.05) is 13.0 Å². The van der Waals surface area contributed by atoms with Gasteiger partial charge in [0.1, 0.15) is 18.8 Å². The van der Waals surface area contributed by atoms with E-state index in [4.69, 9.17) is 14.2 Å². The van der Waals surface area contributed by atoms with Gasteiger partial charge < -0.3 is 14.2 Å². The number of carbonyl (C=O) groups is 2. The standard InChI is InChI=1S/C12H18O5/c1-4-10-5-6-11(16-9(3)14)12(17-10)7-15-8(2)13/h5-6,10-12H,4,7H2,1-3H3/t10-,11+,12-/m1/s1. The van der Waals surface area contributed by atoms with Gasteiger partial charge in [-0.05, 0) is 12.5 Å². The maximum Gasteiger partial charge on any atom is 0.303 e. The van der Waals surface area contributed by atoms with Crippen molar-refractivity contribution in [3.63, 3.8) is 0 Å². The van der Waals surface area contributed by atoms with E-state index in [9.17, 15) is 9.59 Å². The van der Waals surface area contributed by atoms with E-state index in [1.54, 1.807) is 6.08 Å². The molecule has 0 spiro atoms. The second-order valence-corrected chi connectivity index (χ2v) is 3.88. The van der Waals surface area contributed by atoms with Crippen LogP contribution in [0.3, 0.4) is 0 Å². The van der Waals surface area contributed by atoms with Crippen molar-refractivity contribution in [1.29, 1.82) is 0 Å². The molecule has 0 bridgehead atoms. The molecular weight excluding hydrogens is 224 g/mol. The molecule has 0 saturated carbocycles. The Labute approximate surface area is 101 Å². The van der Waals surface area contributed by atoms with E-state index < -0.39 is 12.2 Å². The van der Waals surface area contributed by atoms with Gasteiger partial charge in [0.15, 0.2) is 0 Å². The number of hydrogen-bond acceptors (Lipinski definition) is 5. The third kappa shape index (κ3) is 4.56. The van der Waals surface area contributed by atoms with Gasteiger partial charge in [0.2, 0.25) is 0 Å². The highest BCUT2D eigenvalue weighted by atomic mass is 16.6. The Morgan fingerprint density at radius 3 is 2.47 bits per heavy atom. The molecular formula is C12H18O5. The highest BCUT2D eigenvalue weighted by Gasteiger charge is 2.29. The molecule has 0 N–H and O–H groups in total. The van der Waals surface area contributed by atoms with Gasteiger partial charge in [0, 0.05) is 13.8 Å². The first-order valence-electron chi connectivity index (χ1n) is 5.67. The van der Waals surface area contributed by atoms with Gasteiger partial charge >= 0.3 is 11.9 Å². The predicted molar refractivity (Wildman–Crippen MR) is 60.3 cm³/mol. The first-order chi connectivity index (χ1) is 8.02. The number of ether oxygens (including phenoxy) is 3. The Morgan fingerprint density at radius 1 is 1.24 bits per heavy atom. The van der Waals surface area contributed by atoms with Crippen LogP contribution in [0.1, 0.15) is 27.2 Å². The molecule has 1 heterocycles. The van der Waals surface area contributed by atoms with Crippen LogP contribution in [0.15, 0.2) is 12.2 Å². The van der Waals surface area contributed by atoms with Crippen LogP contribution in [0.4, 0.5) is 0 Å². The van der Waals surface area contributed by atoms with Crippen LogP contribution in [-0.4, -0.2) is 36.9 Å². The fourth-order valence-electron chi connectivity index (χ4n) is 1.58. The van der Waals surface area contributed by atoms with Crippen LogP contribution in [-0.2, 0) is 23.8 Å². The van der Waals surface area contributed by atoms with Crippen LogP contribution in [0.25, 0.3) is 0 Å². The molecule has 0 unspecified atom stereocenters. The number of esters is 2. The predicted octanol–water partition coefficient (Wildman–Crippen LogP) is 1.21. The van der Waals surface area contributed by atoms with E-state index in [0.29, 0.717) is 0 Å². The molecule has 5 nitrogen and oxygen atoms in total. The summed E-state index contributed by atoms with van der Waals surface area (Å²) >= 11 is 0. The summed E-state index contributed by atoms with van der Waals surface area (Å²) in [6.45, 7) is 4.75. The van der Waals surface area contributed by atoms with Crippen LogP contribution < -0.4 is 0 Å². The highest BCUT2D eigenvalue weighted by molar-refractivity contribution is 5.66. The first kappa shape index (κ1) is 13.7. The molecule has 17 heavy (non-hydrogen) atoms. The maximum atomic E-state index is 10.9. The summed E-state index contributed by atoms with van der Waals surface area (Å²) in [4.78, 5) is 21.7. The minimum atomic E-state index is -0.491. The van der Waals surface area contributed by atoms with E-state index >= 15 is 0 Å². The van der Waals surface area contributed by atoms with Gasteiger partial charge in [-0.15, -0.1) is 0 Å². The van der Waals surface area contributed by atoms with E-state index in [0.717, 1.165) is 6.42 Å². The minimum Gasteiger partial charge on any atom is -0.463 e. The summed E-state index contributed by atoms with van der Waals surface area (Å²) in [6.07, 6.45) is 3.51.